The molecular formula is C19H17N5O4. The molecule has 2 aromatic heterocycles. The summed E-state index contributed by atoms with van der Waals surface area (Å²) in [6.45, 7) is 0.170. The van der Waals surface area contributed by atoms with E-state index in [2.05, 4.69) is 20.6 Å². The van der Waals surface area contributed by atoms with Crippen LogP contribution in [0.3, 0.4) is 0 Å². The lowest BCUT2D eigenvalue weighted by Gasteiger charge is -2.11. The van der Waals surface area contributed by atoms with E-state index in [1.165, 1.54) is 4.52 Å². The summed E-state index contributed by atoms with van der Waals surface area (Å²) in [7, 11) is 3.11. The third-order valence-electron chi connectivity index (χ3n) is 4.41. The van der Waals surface area contributed by atoms with E-state index >= 15 is 0 Å². The number of hydrogen-bond acceptors (Lipinski definition) is 6. The van der Waals surface area contributed by atoms with Crippen molar-refractivity contribution < 1.29 is 14.3 Å². The summed E-state index contributed by atoms with van der Waals surface area (Å²) in [6, 6.07) is 12.4. The number of para-hydroxylation sites is 2. The molecule has 9 heteroatoms. The largest absolute Gasteiger partial charge is 0.497 e. The normalized spacial score (nSPS) is 10.9. The molecule has 0 saturated heterocycles. The Morgan fingerprint density at radius 2 is 2.00 bits per heavy atom. The van der Waals surface area contributed by atoms with Gasteiger partial charge in [0.15, 0.2) is 11.2 Å². The summed E-state index contributed by atoms with van der Waals surface area (Å²) in [5.74, 6) is 0.737. The molecule has 0 spiro atoms. The standard InChI is InChI=1S/C19H17N5O4/c1-27-12-7-8-15(28-2)11(9-12)10-20-18(25)16-17-19(26)21-13-5-3-4-6-14(13)24(17)23-22-16/h3-9H,10H2,1-2H3,(H,20,25)(H,21,26). The van der Waals surface area contributed by atoms with E-state index < -0.39 is 11.5 Å². The zero-order chi connectivity index (χ0) is 19.7. The Morgan fingerprint density at radius 1 is 1.18 bits per heavy atom. The van der Waals surface area contributed by atoms with Gasteiger partial charge in [0.05, 0.1) is 25.3 Å². The van der Waals surface area contributed by atoms with Gasteiger partial charge in [0.25, 0.3) is 11.5 Å². The number of nitrogens with zero attached hydrogens (tertiary/aromatic N) is 3. The first-order valence-corrected chi connectivity index (χ1v) is 8.48. The predicted octanol–water partition coefficient (Wildman–Crippen LogP) is 1.52. The summed E-state index contributed by atoms with van der Waals surface area (Å²) in [5, 5.41) is 10.7. The minimum Gasteiger partial charge on any atom is -0.497 e. The smallest absolute Gasteiger partial charge is 0.277 e. The number of carbonyl (C=O) groups is 1. The van der Waals surface area contributed by atoms with Crippen molar-refractivity contribution in [3.63, 3.8) is 0 Å². The highest BCUT2D eigenvalue weighted by Crippen LogP contribution is 2.24. The van der Waals surface area contributed by atoms with Gasteiger partial charge in [0.1, 0.15) is 11.5 Å². The average molecular weight is 379 g/mol. The topological polar surface area (TPSA) is 111 Å². The van der Waals surface area contributed by atoms with Crippen molar-refractivity contribution in [3.8, 4) is 11.5 Å². The molecule has 4 aromatic rings. The Balaban J connectivity index is 1.67. The molecule has 1 amide bonds. The SMILES string of the molecule is COc1ccc(OC)c(CNC(=O)c2nnn3c2c(=O)[nH]c2ccccc23)c1. The highest BCUT2D eigenvalue weighted by atomic mass is 16.5. The molecule has 0 aliphatic carbocycles. The van der Waals surface area contributed by atoms with E-state index in [-0.39, 0.29) is 17.8 Å². The Hall–Kier alpha value is -3.88. The highest BCUT2D eigenvalue weighted by Gasteiger charge is 2.20. The van der Waals surface area contributed by atoms with Gasteiger partial charge in [-0.15, -0.1) is 5.10 Å². The molecule has 2 heterocycles. The fourth-order valence-electron chi connectivity index (χ4n) is 3.03. The number of nitrogens with one attached hydrogen (secondary N) is 2. The lowest BCUT2D eigenvalue weighted by atomic mass is 10.2. The molecule has 0 unspecified atom stereocenters. The molecule has 142 valence electrons. The minimum absolute atomic E-state index is 0.0473. The Morgan fingerprint density at radius 3 is 2.79 bits per heavy atom. The van der Waals surface area contributed by atoms with E-state index in [0.717, 1.165) is 5.56 Å². The van der Waals surface area contributed by atoms with Gasteiger partial charge in [0.2, 0.25) is 0 Å². The van der Waals surface area contributed by atoms with Crippen LogP contribution in [-0.2, 0) is 6.54 Å². The fraction of sp³-hybridized carbons (Fsp3) is 0.158. The van der Waals surface area contributed by atoms with Crippen LogP contribution in [0.4, 0.5) is 0 Å². The predicted molar refractivity (Wildman–Crippen MR) is 102 cm³/mol. The van der Waals surface area contributed by atoms with E-state index in [1.54, 1.807) is 50.6 Å². The number of aromatic amines is 1. The molecule has 2 aromatic carbocycles. The third kappa shape index (κ3) is 2.92. The van der Waals surface area contributed by atoms with Gasteiger partial charge in [-0.05, 0) is 30.3 Å². The van der Waals surface area contributed by atoms with Crippen LogP contribution in [0, 0.1) is 0 Å². The van der Waals surface area contributed by atoms with Crippen molar-refractivity contribution in [2.45, 2.75) is 6.54 Å². The molecule has 0 bridgehead atoms. The number of carbonyl (C=O) groups excluding carboxylic acids is 1. The van der Waals surface area contributed by atoms with Crippen molar-refractivity contribution >= 4 is 22.5 Å². The van der Waals surface area contributed by atoms with Gasteiger partial charge in [-0.3, -0.25) is 9.59 Å². The molecule has 2 N–H and O–H groups in total. The number of hydrogen-bond donors (Lipinski definition) is 2. The number of benzene rings is 2. The van der Waals surface area contributed by atoms with Crippen LogP contribution in [0.2, 0.25) is 0 Å². The van der Waals surface area contributed by atoms with E-state index in [0.29, 0.717) is 22.5 Å². The monoisotopic (exact) mass is 379 g/mol. The second-order valence-corrected chi connectivity index (χ2v) is 6.03. The number of aromatic nitrogens is 4. The summed E-state index contributed by atoms with van der Waals surface area (Å²) in [6.07, 6.45) is 0. The summed E-state index contributed by atoms with van der Waals surface area (Å²) in [5.41, 5.74) is 1.60. The quantitative estimate of drug-likeness (QED) is 0.544. The van der Waals surface area contributed by atoms with Crippen LogP contribution in [0.5, 0.6) is 11.5 Å². The maximum absolute atomic E-state index is 12.7. The van der Waals surface area contributed by atoms with Gasteiger partial charge in [-0.25, -0.2) is 4.52 Å². The van der Waals surface area contributed by atoms with Crippen molar-refractivity contribution in [3.05, 3.63) is 64.1 Å². The first-order valence-electron chi connectivity index (χ1n) is 8.48. The van der Waals surface area contributed by atoms with Crippen LogP contribution in [0.1, 0.15) is 16.1 Å². The van der Waals surface area contributed by atoms with Gasteiger partial charge in [-0.2, -0.15) is 0 Å². The molecule has 9 nitrogen and oxygen atoms in total. The molecule has 0 aliphatic heterocycles. The number of fused-ring (bicyclic) bond motifs is 3. The molecule has 0 saturated carbocycles. The van der Waals surface area contributed by atoms with Crippen LogP contribution in [0.15, 0.2) is 47.3 Å². The first-order chi connectivity index (χ1) is 13.6. The summed E-state index contributed by atoms with van der Waals surface area (Å²) in [4.78, 5) is 27.9. The Kier molecular flexibility index (Phi) is 4.40. The summed E-state index contributed by atoms with van der Waals surface area (Å²) < 4.78 is 11.9. The maximum atomic E-state index is 12.7. The third-order valence-corrected chi connectivity index (χ3v) is 4.41. The lowest BCUT2D eigenvalue weighted by Crippen LogP contribution is -2.25. The lowest BCUT2D eigenvalue weighted by molar-refractivity contribution is 0.0947. The van der Waals surface area contributed by atoms with Crippen LogP contribution in [-0.4, -0.2) is 39.9 Å². The van der Waals surface area contributed by atoms with Gasteiger partial charge < -0.3 is 19.8 Å². The second-order valence-electron chi connectivity index (χ2n) is 6.03. The second kappa shape index (κ2) is 7.03. The number of ether oxygens (including phenoxy) is 2. The Labute approximate surface area is 158 Å². The maximum Gasteiger partial charge on any atom is 0.277 e. The van der Waals surface area contributed by atoms with Crippen molar-refractivity contribution in [2.24, 2.45) is 0 Å². The minimum atomic E-state index is -0.513. The number of methoxy groups -OCH3 is 2. The zero-order valence-corrected chi connectivity index (χ0v) is 15.2. The molecule has 0 aliphatic rings. The average Bonchev–Trinajstić information content (AvgIpc) is 3.18. The molecule has 4 rings (SSSR count). The van der Waals surface area contributed by atoms with Crippen LogP contribution < -0.4 is 20.3 Å². The fourth-order valence-corrected chi connectivity index (χ4v) is 3.03. The highest BCUT2D eigenvalue weighted by molar-refractivity contribution is 5.99. The van der Waals surface area contributed by atoms with Gasteiger partial charge in [0, 0.05) is 12.1 Å². The summed E-state index contributed by atoms with van der Waals surface area (Å²) >= 11 is 0. The van der Waals surface area contributed by atoms with Gasteiger partial charge >= 0.3 is 0 Å². The molecular weight excluding hydrogens is 362 g/mol. The number of amides is 1. The van der Waals surface area contributed by atoms with Crippen molar-refractivity contribution in [1.29, 1.82) is 0 Å². The van der Waals surface area contributed by atoms with Gasteiger partial charge in [-0.1, -0.05) is 17.3 Å². The molecule has 28 heavy (non-hydrogen) atoms. The van der Waals surface area contributed by atoms with Crippen LogP contribution in [0.25, 0.3) is 16.6 Å². The van der Waals surface area contributed by atoms with E-state index in [4.69, 9.17) is 9.47 Å². The molecule has 0 radical (unpaired) electrons. The number of H-pyrrole nitrogens is 1. The molecule has 0 atom stereocenters. The Bertz CT molecular complexity index is 1240. The van der Waals surface area contributed by atoms with Crippen molar-refractivity contribution in [2.75, 3.05) is 14.2 Å². The first kappa shape index (κ1) is 17.5. The zero-order valence-electron chi connectivity index (χ0n) is 15.2. The van der Waals surface area contributed by atoms with E-state index in [1.807, 2.05) is 6.07 Å². The van der Waals surface area contributed by atoms with E-state index in [9.17, 15) is 9.59 Å². The van der Waals surface area contributed by atoms with Crippen LogP contribution >= 0.6 is 0 Å². The number of rotatable bonds is 5. The van der Waals surface area contributed by atoms with Crippen molar-refractivity contribution in [1.82, 2.24) is 25.1 Å². The molecule has 0 fully saturated rings.